The molecule has 0 spiro atoms. The summed E-state index contributed by atoms with van der Waals surface area (Å²) < 4.78 is 26.9. The molecule has 1 aliphatic carbocycles. The van der Waals surface area contributed by atoms with Gasteiger partial charge in [0, 0.05) is 44.3 Å². The Balaban J connectivity index is 1.30. The summed E-state index contributed by atoms with van der Waals surface area (Å²) >= 11 is 12.8. The van der Waals surface area contributed by atoms with E-state index in [4.69, 9.17) is 23.2 Å². The number of aliphatic hydroxyl groups is 1. The number of benzene rings is 2. The van der Waals surface area contributed by atoms with Crippen molar-refractivity contribution < 1.29 is 13.5 Å². The Kier molecular flexibility index (Phi) is 7.99. The van der Waals surface area contributed by atoms with Gasteiger partial charge in [0.1, 0.15) is 0 Å². The van der Waals surface area contributed by atoms with Crippen molar-refractivity contribution in [1.82, 2.24) is 9.21 Å². The molecular weight excluding hydrogens is 543 g/mol. The molecule has 2 aliphatic heterocycles. The van der Waals surface area contributed by atoms with Crippen LogP contribution in [0.1, 0.15) is 49.8 Å². The molecule has 0 unspecified atom stereocenters. The molecule has 0 amide bonds. The van der Waals surface area contributed by atoms with E-state index in [1.165, 1.54) is 0 Å². The van der Waals surface area contributed by atoms with Crippen LogP contribution in [0.4, 0.5) is 5.69 Å². The monoisotopic (exact) mass is 576 g/mol. The number of halogens is 2. The molecule has 1 saturated carbocycles. The van der Waals surface area contributed by atoms with Crippen LogP contribution in [0.3, 0.4) is 0 Å². The summed E-state index contributed by atoms with van der Waals surface area (Å²) in [7, 11) is -3.17. The molecule has 10 heteroatoms. The molecule has 2 saturated heterocycles. The van der Waals surface area contributed by atoms with Gasteiger partial charge in [-0.3, -0.25) is 4.90 Å². The number of hydrogen-bond acceptors (Lipinski definition) is 6. The fraction of sp³-hybridized carbons (Fsp3) is 0.536. The Labute approximate surface area is 235 Å². The maximum atomic E-state index is 12.6. The van der Waals surface area contributed by atoms with E-state index in [1.807, 2.05) is 37.3 Å². The van der Waals surface area contributed by atoms with Crippen LogP contribution in [0.2, 0.25) is 10.0 Å². The van der Waals surface area contributed by atoms with Gasteiger partial charge in [0.2, 0.25) is 10.0 Å². The smallest absolute Gasteiger partial charge is 0.216 e. The molecule has 0 radical (unpaired) electrons. The zero-order valence-corrected chi connectivity index (χ0v) is 23.9. The molecule has 7 nitrogen and oxygen atoms in total. The van der Waals surface area contributed by atoms with Crippen LogP contribution in [0.5, 0.6) is 0 Å². The fourth-order valence-corrected chi connectivity index (χ4v) is 8.23. The Bertz CT molecular complexity index is 1300. The third-order valence-electron chi connectivity index (χ3n) is 8.29. The average Bonchev–Trinajstić information content (AvgIpc) is 3.76. The summed E-state index contributed by atoms with van der Waals surface area (Å²) in [5.41, 5.74) is 1.56. The summed E-state index contributed by atoms with van der Waals surface area (Å²) in [4.78, 5) is 4.56. The maximum absolute atomic E-state index is 12.6. The van der Waals surface area contributed by atoms with Gasteiger partial charge in [-0.25, -0.2) is 12.7 Å². The van der Waals surface area contributed by atoms with E-state index in [0.717, 1.165) is 30.6 Å². The normalized spacial score (nSPS) is 23.7. The van der Waals surface area contributed by atoms with Gasteiger partial charge in [0.15, 0.2) is 0 Å². The van der Waals surface area contributed by atoms with Crippen molar-refractivity contribution in [3.8, 4) is 6.07 Å². The van der Waals surface area contributed by atoms with E-state index in [2.05, 4.69) is 15.9 Å². The van der Waals surface area contributed by atoms with Gasteiger partial charge in [-0.1, -0.05) is 35.3 Å². The van der Waals surface area contributed by atoms with E-state index >= 15 is 0 Å². The standard InChI is InChI=1S/C28H34Cl2N4O3S/c1-28(35,22-10-12-33(13-11-22)38(36,37)24-7-8-24)19-32-14-15-34(26-9-2-20(17-31)16-25(26)30)27(18-32)21-3-5-23(29)6-4-21/h2-6,9,16,22,24,27,35H,7-8,10-15,18-19H2,1H3/t27-,28+/m0/s1. The first kappa shape index (κ1) is 27.7. The second-order valence-corrected chi connectivity index (χ2v) is 14.1. The van der Waals surface area contributed by atoms with Gasteiger partial charge in [0.25, 0.3) is 0 Å². The van der Waals surface area contributed by atoms with E-state index in [0.29, 0.717) is 61.2 Å². The number of nitriles is 1. The number of nitrogens with zero attached hydrogens (tertiary/aromatic N) is 4. The van der Waals surface area contributed by atoms with Crippen molar-refractivity contribution in [1.29, 1.82) is 5.26 Å². The van der Waals surface area contributed by atoms with Gasteiger partial charge in [-0.2, -0.15) is 5.26 Å². The third kappa shape index (κ3) is 5.84. The second-order valence-electron chi connectivity index (χ2n) is 11.0. The summed E-state index contributed by atoms with van der Waals surface area (Å²) in [6, 6.07) is 15.3. The highest BCUT2D eigenvalue weighted by Crippen LogP contribution is 2.38. The Morgan fingerprint density at radius 3 is 2.32 bits per heavy atom. The number of hydrogen-bond donors (Lipinski definition) is 1. The van der Waals surface area contributed by atoms with Crippen molar-refractivity contribution in [3.63, 3.8) is 0 Å². The number of β-amino-alcohol motifs (C(OH)–C–C–N with tert-alkyl or cyclic N) is 1. The molecule has 2 aromatic rings. The minimum absolute atomic E-state index is 0.0206. The predicted molar refractivity (Wildman–Crippen MR) is 151 cm³/mol. The van der Waals surface area contributed by atoms with Crippen LogP contribution in [-0.2, 0) is 10.0 Å². The zero-order chi connectivity index (χ0) is 27.1. The van der Waals surface area contributed by atoms with E-state index < -0.39 is 15.6 Å². The first-order valence-corrected chi connectivity index (χ1v) is 15.5. The topological polar surface area (TPSA) is 87.9 Å². The lowest BCUT2D eigenvalue weighted by atomic mass is 9.81. The van der Waals surface area contributed by atoms with Crippen LogP contribution < -0.4 is 4.90 Å². The quantitative estimate of drug-likeness (QED) is 0.514. The fourth-order valence-electron chi connectivity index (χ4n) is 5.94. The van der Waals surface area contributed by atoms with Gasteiger partial charge < -0.3 is 10.0 Å². The van der Waals surface area contributed by atoms with Crippen LogP contribution in [0, 0.1) is 17.2 Å². The van der Waals surface area contributed by atoms with E-state index in [9.17, 15) is 18.8 Å². The molecular formula is C28H34Cl2N4O3S. The third-order valence-corrected chi connectivity index (χ3v) is 11.2. The van der Waals surface area contributed by atoms with Crippen LogP contribution in [0.25, 0.3) is 0 Å². The Morgan fingerprint density at radius 1 is 1.03 bits per heavy atom. The molecule has 2 atom stereocenters. The molecule has 0 bridgehead atoms. The van der Waals surface area contributed by atoms with Crippen molar-refractivity contribution >= 4 is 38.9 Å². The Hall–Kier alpha value is -1.86. The summed E-state index contributed by atoms with van der Waals surface area (Å²) in [5, 5.41) is 21.9. The summed E-state index contributed by atoms with van der Waals surface area (Å²) in [6.45, 7) is 5.49. The maximum Gasteiger partial charge on any atom is 0.216 e. The number of piperazine rings is 1. The van der Waals surface area contributed by atoms with Gasteiger partial charge >= 0.3 is 0 Å². The molecule has 0 aromatic heterocycles. The number of piperidine rings is 1. The molecule has 5 rings (SSSR count). The molecule has 3 aliphatic rings. The largest absolute Gasteiger partial charge is 0.389 e. The zero-order valence-electron chi connectivity index (χ0n) is 21.6. The minimum atomic E-state index is -3.17. The van der Waals surface area contributed by atoms with Crippen molar-refractivity contribution in [3.05, 3.63) is 63.6 Å². The second kappa shape index (κ2) is 11.0. The molecule has 38 heavy (non-hydrogen) atoms. The first-order valence-electron chi connectivity index (χ1n) is 13.2. The van der Waals surface area contributed by atoms with Gasteiger partial charge in [0.05, 0.1) is 39.2 Å². The first-order chi connectivity index (χ1) is 18.1. The lowest BCUT2D eigenvalue weighted by Gasteiger charge is -2.47. The number of rotatable bonds is 7. The minimum Gasteiger partial charge on any atom is -0.389 e. The van der Waals surface area contributed by atoms with Gasteiger partial charge in [-0.15, -0.1) is 0 Å². The lowest BCUT2D eigenvalue weighted by Crippen LogP contribution is -2.56. The van der Waals surface area contributed by atoms with Crippen LogP contribution >= 0.6 is 23.2 Å². The van der Waals surface area contributed by atoms with Crippen molar-refractivity contribution in [2.45, 2.75) is 49.5 Å². The Morgan fingerprint density at radius 2 is 1.71 bits per heavy atom. The summed E-state index contributed by atoms with van der Waals surface area (Å²) in [5.74, 6) is 0.0353. The lowest BCUT2D eigenvalue weighted by molar-refractivity contribution is -0.0486. The molecule has 2 heterocycles. The van der Waals surface area contributed by atoms with Crippen molar-refractivity contribution in [2.75, 3.05) is 44.2 Å². The molecule has 3 fully saturated rings. The number of sulfonamides is 1. The summed E-state index contributed by atoms with van der Waals surface area (Å²) in [6.07, 6.45) is 2.88. The highest BCUT2D eigenvalue weighted by Gasteiger charge is 2.44. The van der Waals surface area contributed by atoms with Crippen LogP contribution in [-0.4, -0.2) is 72.8 Å². The van der Waals surface area contributed by atoms with Gasteiger partial charge in [-0.05, 0) is 74.4 Å². The van der Waals surface area contributed by atoms with E-state index in [1.54, 1.807) is 16.4 Å². The molecule has 204 valence electrons. The number of anilines is 1. The van der Waals surface area contributed by atoms with Crippen LogP contribution in [0.15, 0.2) is 42.5 Å². The highest BCUT2D eigenvalue weighted by atomic mass is 35.5. The van der Waals surface area contributed by atoms with E-state index in [-0.39, 0.29) is 17.2 Å². The average molecular weight is 578 g/mol. The SMILES string of the molecule is C[C@@](O)(CN1CCN(c2ccc(C#N)cc2Cl)[C@H](c2ccc(Cl)cc2)C1)C1CCN(S(=O)(=O)C2CC2)CC1. The molecule has 1 N–H and O–H groups in total. The highest BCUT2D eigenvalue weighted by molar-refractivity contribution is 7.90. The molecule has 2 aromatic carbocycles. The van der Waals surface area contributed by atoms with Crippen molar-refractivity contribution in [2.24, 2.45) is 5.92 Å². The predicted octanol–water partition coefficient (Wildman–Crippen LogP) is 4.68.